The van der Waals surface area contributed by atoms with E-state index in [1.807, 2.05) is 23.5 Å². The number of thiophene rings is 1. The number of para-hydroxylation sites is 2. The van der Waals surface area contributed by atoms with Crippen molar-refractivity contribution in [3.63, 3.8) is 0 Å². The molecule has 230 valence electrons. The van der Waals surface area contributed by atoms with Crippen molar-refractivity contribution in [2.75, 3.05) is 4.90 Å². The largest absolute Gasteiger partial charge is 0.456 e. The van der Waals surface area contributed by atoms with Crippen LogP contribution in [0.1, 0.15) is 0 Å². The second-order valence-corrected chi connectivity index (χ2v) is 13.6. The molecule has 2 heterocycles. The number of anilines is 3. The molecule has 0 saturated carbocycles. The van der Waals surface area contributed by atoms with Gasteiger partial charge in [0.2, 0.25) is 0 Å². The van der Waals surface area contributed by atoms with Gasteiger partial charge >= 0.3 is 0 Å². The van der Waals surface area contributed by atoms with Crippen LogP contribution in [0.3, 0.4) is 0 Å². The average Bonchev–Trinajstić information content (AvgIpc) is 3.73. The molecule has 0 saturated heterocycles. The number of benzene rings is 8. The Labute approximate surface area is 287 Å². The van der Waals surface area contributed by atoms with Crippen LogP contribution < -0.4 is 4.90 Å². The van der Waals surface area contributed by atoms with Crippen LogP contribution in [0, 0.1) is 0 Å². The third kappa shape index (κ3) is 4.62. The molecule has 0 spiro atoms. The van der Waals surface area contributed by atoms with Gasteiger partial charge in [0.05, 0.1) is 5.69 Å². The summed E-state index contributed by atoms with van der Waals surface area (Å²) in [7, 11) is 0. The fraction of sp³-hybridized carbons (Fsp3) is 0. The molecule has 0 aliphatic heterocycles. The molecule has 0 atom stereocenters. The lowest BCUT2D eigenvalue weighted by Crippen LogP contribution is -2.11. The van der Waals surface area contributed by atoms with E-state index in [1.165, 1.54) is 53.2 Å². The Morgan fingerprint density at radius 3 is 2.06 bits per heavy atom. The van der Waals surface area contributed by atoms with Gasteiger partial charge in [-0.05, 0) is 82.1 Å². The zero-order valence-electron chi connectivity index (χ0n) is 26.5. The molecule has 0 aliphatic rings. The van der Waals surface area contributed by atoms with Crippen LogP contribution >= 0.6 is 11.3 Å². The standard InChI is InChI=1S/C46H29NOS/c1-2-12-31-27-33(24-23-30(31)11-1)32-13-9-14-34(28-32)47(35-25-26-38-37-16-4-7-20-42(37)48-43(38)29-35)41-19-6-3-15-36(41)39-18-10-22-45-46(39)40-17-5-8-21-44(40)49-45/h1-29H. The topological polar surface area (TPSA) is 16.4 Å². The molecular weight excluding hydrogens is 615 g/mol. The van der Waals surface area contributed by atoms with Gasteiger partial charge in [-0.3, -0.25) is 0 Å². The molecule has 49 heavy (non-hydrogen) atoms. The molecule has 2 aromatic heterocycles. The number of fused-ring (bicyclic) bond motifs is 7. The summed E-state index contributed by atoms with van der Waals surface area (Å²) in [5.41, 5.74) is 9.76. The number of hydrogen-bond acceptors (Lipinski definition) is 3. The summed E-state index contributed by atoms with van der Waals surface area (Å²) in [5, 5.41) is 7.32. The molecule has 0 fully saturated rings. The Bertz CT molecular complexity index is 2860. The molecule has 0 N–H and O–H groups in total. The van der Waals surface area contributed by atoms with E-state index in [4.69, 9.17) is 4.42 Å². The average molecular weight is 644 g/mol. The van der Waals surface area contributed by atoms with Crippen molar-refractivity contribution >= 4 is 81.3 Å². The first-order chi connectivity index (χ1) is 24.3. The number of hydrogen-bond donors (Lipinski definition) is 0. The maximum atomic E-state index is 6.43. The molecule has 10 rings (SSSR count). The zero-order chi connectivity index (χ0) is 32.3. The third-order valence-electron chi connectivity index (χ3n) is 9.65. The van der Waals surface area contributed by atoms with Gasteiger partial charge in [0.15, 0.2) is 0 Å². The summed E-state index contributed by atoms with van der Waals surface area (Å²) in [6.45, 7) is 0. The summed E-state index contributed by atoms with van der Waals surface area (Å²) in [5.74, 6) is 0. The van der Waals surface area contributed by atoms with Gasteiger partial charge in [0.25, 0.3) is 0 Å². The summed E-state index contributed by atoms with van der Waals surface area (Å²) in [6.07, 6.45) is 0. The predicted molar refractivity (Wildman–Crippen MR) is 210 cm³/mol. The quantitative estimate of drug-likeness (QED) is 0.186. The van der Waals surface area contributed by atoms with Gasteiger partial charge in [0.1, 0.15) is 11.2 Å². The van der Waals surface area contributed by atoms with Crippen molar-refractivity contribution < 1.29 is 4.42 Å². The van der Waals surface area contributed by atoms with Crippen LogP contribution in [0.2, 0.25) is 0 Å². The lowest BCUT2D eigenvalue weighted by atomic mass is 9.96. The van der Waals surface area contributed by atoms with Crippen molar-refractivity contribution in [1.29, 1.82) is 0 Å². The highest BCUT2D eigenvalue weighted by Crippen LogP contribution is 2.47. The normalized spacial score (nSPS) is 11.7. The lowest BCUT2D eigenvalue weighted by molar-refractivity contribution is 0.669. The Balaban J connectivity index is 1.21. The van der Waals surface area contributed by atoms with Crippen molar-refractivity contribution in [1.82, 2.24) is 0 Å². The van der Waals surface area contributed by atoms with Crippen molar-refractivity contribution in [3.05, 3.63) is 176 Å². The molecule has 2 nitrogen and oxygen atoms in total. The molecule has 8 aromatic carbocycles. The maximum Gasteiger partial charge on any atom is 0.137 e. The molecule has 0 radical (unpaired) electrons. The van der Waals surface area contributed by atoms with Gasteiger partial charge in [-0.15, -0.1) is 11.3 Å². The molecular formula is C46H29NOS. The van der Waals surface area contributed by atoms with E-state index >= 15 is 0 Å². The van der Waals surface area contributed by atoms with Gasteiger partial charge < -0.3 is 9.32 Å². The number of nitrogens with zero attached hydrogens (tertiary/aromatic N) is 1. The van der Waals surface area contributed by atoms with E-state index in [0.29, 0.717) is 0 Å². The Hall–Kier alpha value is -6.16. The van der Waals surface area contributed by atoms with E-state index in [9.17, 15) is 0 Å². The van der Waals surface area contributed by atoms with Crippen molar-refractivity contribution in [3.8, 4) is 22.3 Å². The van der Waals surface area contributed by atoms with Crippen LogP contribution in [0.25, 0.3) is 75.1 Å². The highest BCUT2D eigenvalue weighted by Gasteiger charge is 2.21. The van der Waals surface area contributed by atoms with Crippen molar-refractivity contribution in [2.45, 2.75) is 0 Å². The van der Waals surface area contributed by atoms with Crippen LogP contribution in [-0.4, -0.2) is 0 Å². The minimum atomic E-state index is 0.873. The highest BCUT2D eigenvalue weighted by atomic mass is 32.1. The second-order valence-electron chi connectivity index (χ2n) is 12.5. The summed E-state index contributed by atoms with van der Waals surface area (Å²) in [4.78, 5) is 2.39. The molecule has 0 amide bonds. The van der Waals surface area contributed by atoms with Crippen LogP contribution in [0.4, 0.5) is 17.1 Å². The van der Waals surface area contributed by atoms with E-state index in [2.05, 4.69) is 169 Å². The van der Waals surface area contributed by atoms with Crippen molar-refractivity contribution in [2.24, 2.45) is 0 Å². The van der Waals surface area contributed by atoms with E-state index in [0.717, 1.165) is 39.0 Å². The molecule has 10 aromatic rings. The summed E-state index contributed by atoms with van der Waals surface area (Å²) >= 11 is 1.86. The second kappa shape index (κ2) is 11.2. The molecule has 0 aliphatic carbocycles. The first-order valence-corrected chi connectivity index (χ1v) is 17.4. The Kier molecular flexibility index (Phi) is 6.39. The third-order valence-corrected chi connectivity index (χ3v) is 10.8. The van der Waals surface area contributed by atoms with Crippen LogP contribution in [-0.2, 0) is 0 Å². The zero-order valence-corrected chi connectivity index (χ0v) is 27.3. The Morgan fingerprint density at radius 2 is 1.10 bits per heavy atom. The summed E-state index contributed by atoms with van der Waals surface area (Å²) in [6, 6.07) is 63.3. The lowest BCUT2D eigenvalue weighted by Gasteiger charge is -2.28. The first-order valence-electron chi connectivity index (χ1n) is 16.6. The minimum absolute atomic E-state index is 0.873. The molecule has 0 unspecified atom stereocenters. The maximum absolute atomic E-state index is 6.43. The summed E-state index contributed by atoms with van der Waals surface area (Å²) < 4.78 is 9.03. The van der Waals surface area contributed by atoms with E-state index < -0.39 is 0 Å². The van der Waals surface area contributed by atoms with Crippen LogP contribution in [0.5, 0.6) is 0 Å². The number of furan rings is 1. The van der Waals surface area contributed by atoms with Crippen LogP contribution in [0.15, 0.2) is 180 Å². The van der Waals surface area contributed by atoms with E-state index in [-0.39, 0.29) is 0 Å². The molecule has 0 bridgehead atoms. The SMILES string of the molecule is c1cc(-c2ccc3ccccc3c2)cc(N(c2ccc3c(c2)oc2ccccc23)c2ccccc2-c2cccc3sc4ccccc4c23)c1. The van der Waals surface area contributed by atoms with E-state index in [1.54, 1.807) is 0 Å². The van der Waals surface area contributed by atoms with Gasteiger partial charge in [-0.1, -0.05) is 115 Å². The Morgan fingerprint density at radius 1 is 0.408 bits per heavy atom. The predicted octanol–water partition coefficient (Wildman–Crippen LogP) is 13.9. The highest BCUT2D eigenvalue weighted by molar-refractivity contribution is 7.25. The van der Waals surface area contributed by atoms with Gasteiger partial charge in [0, 0.05) is 53.9 Å². The monoisotopic (exact) mass is 643 g/mol. The number of rotatable bonds is 5. The minimum Gasteiger partial charge on any atom is -0.456 e. The molecule has 3 heteroatoms. The van der Waals surface area contributed by atoms with Gasteiger partial charge in [-0.2, -0.15) is 0 Å². The fourth-order valence-corrected chi connectivity index (χ4v) is 8.50. The fourth-order valence-electron chi connectivity index (χ4n) is 7.37. The first kappa shape index (κ1) is 27.9. The smallest absolute Gasteiger partial charge is 0.137 e. The van der Waals surface area contributed by atoms with Gasteiger partial charge in [-0.25, -0.2) is 0 Å².